The lowest BCUT2D eigenvalue weighted by Gasteiger charge is -2.64. The van der Waals surface area contributed by atoms with Crippen LogP contribution < -0.4 is 16.4 Å². The molecular formula is C30H45BN4O5. The van der Waals surface area contributed by atoms with Crippen LogP contribution in [0.15, 0.2) is 30.3 Å². The molecule has 2 saturated heterocycles. The molecule has 1 aromatic rings. The van der Waals surface area contributed by atoms with E-state index in [1.807, 2.05) is 30.3 Å². The molecule has 0 spiro atoms. The lowest BCUT2D eigenvalue weighted by molar-refractivity contribution is -0.199. The van der Waals surface area contributed by atoms with Crippen LogP contribution in [0.1, 0.15) is 71.8 Å². The third kappa shape index (κ3) is 5.42. The zero-order valence-electron chi connectivity index (χ0n) is 24.4. The molecule has 0 radical (unpaired) electrons. The third-order valence-corrected chi connectivity index (χ3v) is 10.1. The minimum atomic E-state index is -0.735. The maximum Gasteiger partial charge on any atom is 0.481 e. The summed E-state index contributed by atoms with van der Waals surface area (Å²) in [7, 11) is -0.545. The SMILES string of the molecule is CC(=O)N[C@H](Cc1ccccc1)C(=O)N1CCC[C@H]1C(=O)N[C@@H](CCCN)B1O[C@@H]2C[C@@H]3C[C@@H](C3(C)C)[C@]2(C)O1. The van der Waals surface area contributed by atoms with Crippen molar-refractivity contribution in [2.24, 2.45) is 23.0 Å². The number of nitrogens with zero attached hydrogens (tertiary/aromatic N) is 1. The molecule has 4 N–H and O–H groups in total. The molecule has 5 aliphatic rings. The molecule has 5 fully saturated rings. The molecule has 40 heavy (non-hydrogen) atoms. The van der Waals surface area contributed by atoms with E-state index in [1.165, 1.54) is 6.92 Å². The van der Waals surface area contributed by atoms with Crippen LogP contribution in [-0.4, -0.2) is 72.6 Å². The summed E-state index contributed by atoms with van der Waals surface area (Å²) in [5.41, 5.74) is 6.66. The van der Waals surface area contributed by atoms with Gasteiger partial charge in [-0.25, -0.2) is 0 Å². The van der Waals surface area contributed by atoms with E-state index in [1.54, 1.807) is 4.90 Å². The minimum Gasteiger partial charge on any atom is -0.404 e. The molecule has 3 amide bonds. The largest absolute Gasteiger partial charge is 0.481 e. The Morgan fingerprint density at radius 1 is 1.15 bits per heavy atom. The van der Waals surface area contributed by atoms with Crippen molar-refractivity contribution in [3.63, 3.8) is 0 Å². The summed E-state index contributed by atoms with van der Waals surface area (Å²) in [6, 6.07) is 8.26. The fourth-order valence-electron chi connectivity index (χ4n) is 7.76. The van der Waals surface area contributed by atoms with Gasteiger partial charge in [0.2, 0.25) is 17.7 Å². The van der Waals surface area contributed by atoms with Crippen molar-refractivity contribution < 1.29 is 23.7 Å². The van der Waals surface area contributed by atoms with Crippen LogP contribution in [-0.2, 0) is 30.1 Å². The predicted octanol–water partition coefficient (Wildman–Crippen LogP) is 2.22. The molecule has 7 atom stereocenters. The molecule has 2 aliphatic heterocycles. The van der Waals surface area contributed by atoms with Gasteiger partial charge in [-0.15, -0.1) is 0 Å². The Hall–Kier alpha value is -2.43. The number of hydrogen-bond acceptors (Lipinski definition) is 6. The maximum absolute atomic E-state index is 13.7. The van der Waals surface area contributed by atoms with E-state index in [9.17, 15) is 14.4 Å². The maximum atomic E-state index is 13.7. The molecule has 1 aromatic carbocycles. The van der Waals surface area contributed by atoms with Gasteiger partial charge in [0.1, 0.15) is 12.1 Å². The monoisotopic (exact) mass is 552 g/mol. The summed E-state index contributed by atoms with van der Waals surface area (Å²) in [6.45, 7) is 9.22. The summed E-state index contributed by atoms with van der Waals surface area (Å²) in [5.74, 6) is 0.00298. The van der Waals surface area contributed by atoms with E-state index in [0.29, 0.717) is 44.2 Å². The van der Waals surface area contributed by atoms with Crippen LogP contribution >= 0.6 is 0 Å². The van der Waals surface area contributed by atoms with E-state index in [-0.39, 0.29) is 40.8 Å². The summed E-state index contributed by atoms with van der Waals surface area (Å²) >= 11 is 0. The summed E-state index contributed by atoms with van der Waals surface area (Å²) in [4.78, 5) is 41.0. The zero-order chi connectivity index (χ0) is 28.7. The molecule has 218 valence electrons. The Bertz CT molecular complexity index is 1100. The third-order valence-electron chi connectivity index (χ3n) is 10.1. The number of benzene rings is 1. The number of amides is 3. The zero-order valence-corrected chi connectivity index (χ0v) is 24.4. The Morgan fingerprint density at radius 3 is 2.58 bits per heavy atom. The molecule has 0 aromatic heterocycles. The van der Waals surface area contributed by atoms with E-state index in [0.717, 1.165) is 31.2 Å². The smallest absolute Gasteiger partial charge is 0.404 e. The van der Waals surface area contributed by atoms with Gasteiger partial charge in [0.15, 0.2) is 0 Å². The number of nitrogens with two attached hydrogens (primary N) is 1. The van der Waals surface area contributed by atoms with Gasteiger partial charge in [0, 0.05) is 19.9 Å². The van der Waals surface area contributed by atoms with Gasteiger partial charge >= 0.3 is 7.12 Å². The van der Waals surface area contributed by atoms with Crippen LogP contribution in [0.5, 0.6) is 0 Å². The fraction of sp³-hybridized carbons (Fsp3) is 0.700. The number of nitrogens with one attached hydrogen (secondary N) is 2. The van der Waals surface area contributed by atoms with Gasteiger partial charge in [0.05, 0.1) is 17.6 Å². The van der Waals surface area contributed by atoms with Crippen molar-refractivity contribution in [2.45, 2.75) is 102 Å². The predicted molar refractivity (Wildman–Crippen MR) is 153 cm³/mol. The van der Waals surface area contributed by atoms with Gasteiger partial charge < -0.3 is 30.6 Å². The molecule has 3 saturated carbocycles. The second-order valence-electron chi connectivity index (χ2n) is 13.0. The second kappa shape index (κ2) is 11.5. The highest BCUT2D eigenvalue weighted by Gasteiger charge is 2.68. The van der Waals surface area contributed by atoms with Gasteiger partial charge in [0.25, 0.3) is 0 Å². The lowest BCUT2D eigenvalue weighted by Crippen LogP contribution is -2.65. The van der Waals surface area contributed by atoms with Gasteiger partial charge in [-0.3, -0.25) is 14.4 Å². The van der Waals surface area contributed by atoms with Crippen molar-refractivity contribution in [1.82, 2.24) is 15.5 Å². The standard InChI is InChI=1S/C30H45BN4O5/c1-19(36)33-22(16-20-10-6-5-7-11-20)28(38)35-15-9-12-23(35)27(37)34-26(13-8-14-32)31-39-25-18-21-17-24(29(21,2)3)30(25,4)40-31/h5-7,10-11,21-26H,8-9,12-18,32H2,1-4H3,(H,33,36)(H,34,37)/t21-,22+,23-,24-,25+,26-,30-/m0/s1. The highest BCUT2D eigenvalue weighted by Crippen LogP contribution is 2.65. The van der Waals surface area contributed by atoms with E-state index in [4.69, 9.17) is 15.0 Å². The Balaban J connectivity index is 1.28. The molecule has 2 bridgehead atoms. The van der Waals surface area contributed by atoms with E-state index < -0.39 is 19.2 Å². The van der Waals surface area contributed by atoms with Crippen molar-refractivity contribution in [3.05, 3.63) is 35.9 Å². The first kappa shape index (κ1) is 29.1. The fourth-order valence-corrected chi connectivity index (χ4v) is 7.76. The van der Waals surface area contributed by atoms with Gasteiger partial charge in [-0.2, -0.15) is 0 Å². The molecule has 3 aliphatic carbocycles. The molecule has 2 heterocycles. The van der Waals surface area contributed by atoms with Crippen LogP contribution in [0, 0.1) is 17.3 Å². The van der Waals surface area contributed by atoms with Crippen LogP contribution in [0.4, 0.5) is 0 Å². The molecule has 9 nitrogen and oxygen atoms in total. The van der Waals surface area contributed by atoms with Crippen molar-refractivity contribution in [2.75, 3.05) is 13.1 Å². The van der Waals surface area contributed by atoms with Crippen LogP contribution in [0.3, 0.4) is 0 Å². The first-order valence-electron chi connectivity index (χ1n) is 15.0. The first-order valence-corrected chi connectivity index (χ1v) is 15.0. The van der Waals surface area contributed by atoms with Gasteiger partial charge in [-0.1, -0.05) is 44.2 Å². The molecule has 0 unspecified atom stereocenters. The topological polar surface area (TPSA) is 123 Å². The average Bonchev–Trinajstić information content (AvgIpc) is 3.54. The van der Waals surface area contributed by atoms with Crippen molar-refractivity contribution in [3.8, 4) is 0 Å². The number of likely N-dealkylation sites (tertiary alicyclic amines) is 1. The highest BCUT2D eigenvalue weighted by molar-refractivity contribution is 6.47. The Morgan fingerprint density at radius 2 is 1.90 bits per heavy atom. The Labute approximate surface area is 238 Å². The first-order chi connectivity index (χ1) is 19.0. The van der Waals surface area contributed by atoms with Crippen LogP contribution in [0.2, 0.25) is 0 Å². The van der Waals surface area contributed by atoms with Crippen molar-refractivity contribution >= 4 is 24.8 Å². The van der Waals surface area contributed by atoms with Gasteiger partial charge in [-0.05, 0) is 74.8 Å². The number of rotatable bonds is 10. The highest BCUT2D eigenvalue weighted by atomic mass is 16.7. The lowest BCUT2D eigenvalue weighted by atomic mass is 9.43. The average molecular weight is 553 g/mol. The molecular weight excluding hydrogens is 507 g/mol. The number of carbonyl (C=O) groups is 3. The Kier molecular flexibility index (Phi) is 8.33. The summed E-state index contributed by atoms with van der Waals surface area (Å²) in [6.07, 6.45) is 5.18. The number of hydrogen-bond donors (Lipinski definition) is 3. The molecule has 10 heteroatoms. The van der Waals surface area contributed by atoms with Crippen LogP contribution in [0.25, 0.3) is 0 Å². The summed E-state index contributed by atoms with van der Waals surface area (Å²) in [5, 5.41) is 6.01. The normalized spacial score (nSPS) is 31.6. The number of carbonyl (C=O) groups excluding carboxylic acids is 3. The quantitative estimate of drug-likeness (QED) is 0.383. The van der Waals surface area contributed by atoms with E-state index in [2.05, 4.69) is 31.4 Å². The molecule has 6 rings (SSSR count). The van der Waals surface area contributed by atoms with Crippen molar-refractivity contribution in [1.29, 1.82) is 0 Å². The summed E-state index contributed by atoms with van der Waals surface area (Å²) < 4.78 is 13.2. The van der Waals surface area contributed by atoms with E-state index >= 15 is 0 Å². The minimum absolute atomic E-state index is 0.0208. The second-order valence-corrected chi connectivity index (χ2v) is 13.0.